The highest BCUT2D eigenvalue weighted by atomic mass is 19.4. The van der Waals surface area contributed by atoms with Crippen molar-refractivity contribution < 1.29 is 17.6 Å². The fourth-order valence-electron chi connectivity index (χ4n) is 3.51. The van der Waals surface area contributed by atoms with Gasteiger partial charge in [0.25, 0.3) is 0 Å². The number of rotatable bonds is 3. The molecule has 1 N–H and O–H groups in total. The van der Waals surface area contributed by atoms with Crippen LogP contribution in [0.3, 0.4) is 0 Å². The SMILES string of the molecule is CNC(c1cc(F)ccc1C)C1CCCCC1C(F)(F)F. The molecular weight excluding hydrogens is 282 g/mol. The average molecular weight is 303 g/mol. The highest BCUT2D eigenvalue weighted by molar-refractivity contribution is 5.30. The number of nitrogens with one attached hydrogen (secondary N) is 1. The van der Waals surface area contributed by atoms with Crippen LogP contribution in [0, 0.1) is 24.6 Å². The van der Waals surface area contributed by atoms with E-state index in [1.807, 2.05) is 6.92 Å². The largest absolute Gasteiger partial charge is 0.392 e. The summed E-state index contributed by atoms with van der Waals surface area (Å²) in [6.45, 7) is 1.81. The van der Waals surface area contributed by atoms with Gasteiger partial charge in [-0.05, 0) is 56.0 Å². The number of benzene rings is 1. The molecule has 0 aliphatic heterocycles. The smallest absolute Gasteiger partial charge is 0.313 e. The first-order valence-corrected chi connectivity index (χ1v) is 7.34. The summed E-state index contributed by atoms with van der Waals surface area (Å²) in [4.78, 5) is 0. The molecule has 0 spiro atoms. The van der Waals surface area contributed by atoms with Gasteiger partial charge in [0.05, 0.1) is 5.92 Å². The fraction of sp³-hybridized carbons (Fsp3) is 0.625. The van der Waals surface area contributed by atoms with Crippen LogP contribution in [0.4, 0.5) is 17.6 Å². The molecule has 21 heavy (non-hydrogen) atoms. The van der Waals surface area contributed by atoms with Crippen molar-refractivity contribution in [3.8, 4) is 0 Å². The molecule has 0 radical (unpaired) electrons. The maximum absolute atomic E-state index is 13.5. The van der Waals surface area contributed by atoms with Crippen molar-refractivity contribution in [2.75, 3.05) is 7.05 Å². The van der Waals surface area contributed by atoms with E-state index in [0.29, 0.717) is 18.4 Å². The van der Waals surface area contributed by atoms with E-state index in [2.05, 4.69) is 5.32 Å². The topological polar surface area (TPSA) is 12.0 Å². The van der Waals surface area contributed by atoms with E-state index in [0.717, 1.165) is 12.0 Å². The molecule has 0 aromatic heterocycles. The van der Waals surface area contributed by atoms with Crippen LogP contribution in [0.5, 0.6) is 0 Å². The van der Waals surface area contributed by atoms with Gasteiger partial charge in [-0.25, -0.2) is 4.39 Å². The molecule has 3 unspecified atom stereocenters. The Labute approximate surface area is 122 Å². The van der Waals surface area contributed by atoms with Crippen molar-refractivity contribution in [1.82, 2.24) is 5.32 Å². The van der Waals surface area contributed by atoms with Crippen LogP contribution < -0.4 is 5.32 Å². The third-order valence-electron chi connectivity index (χ3n) is 4.56. The second-order valence-corrected chi connectivity index (χ2v) is 5.86. The lowest BCUT2D eigenvalue weighted by atomic mass is 9.72. The van der Waals surface area contributed by atoms with E-state index in [-0.39, 0.29) is 6.42 Å². The van der Waals surface area contributed by atoms with Crippen LogP contribution in [-0.2, 0) is 0 Å². The molecule has 1 saturated carbocycles. The number of halogens is 4. The molecule has 1 nitrogen and oxygen atoms in total. The Morgan fingerprint density at radius 3 is 2.48 bits per heavy atom. The summed E-state index contributed by atoms with van der Waals surface area (Å²) in [5, 5.41) is 2.99. The Bertz CT molecular complexity index is 484. The van der Waals surface area contributed by atoms with Crippen LogP contribution in [0.15, 0.2) is 18.2 Å². The zero-order valence-electron chi connectivity index (χ0n) is 12.3. The summed E-state index contributed by atoms with van der Waals surface area (Å²) in [6.07, 6.45) is -2.10. The van der Waals surface area contributed by atoms with Crippen LogP contribution >= 0.6 is 0 Å². The zero-order chi connectivity index (χ0) is 15.6. The normalized spacial score (nSPS) is 24.9. The van der Waals surface area contributed by atoms with Crippen molar-refractivity contribution in [2.45, 2.75) is 44.8 Å². The van der Waals surface area contributed by atoms with E-state index < -0.39 is 29.9 Å². The molecule has 1 aliphatic carbocycles. The predicted molar refractivity (Wildman–Crippen MR) is 74.4 cm³/mol. The van der Waals surface area contributed by atoms with Gasteiger partial charge in [-0.2, -0.15) is 13.2 Å². The molecule has 3 atom stereocenters. The first-order valence-electron chi connectivity index (χ1n) is 7.34. The Hall–Kier alpha value is -1.10. The van der Waals surface area contributed by atoms with Crippen molar-refractivity contribution >= 4 is 0 Å². The fourth-order valence-corrected chi connectivity index (χ4v) is 3.51. The molecule has 5 heteroatoms. The van der Waals surface area contributed by atoms with Gasteiger partial charge in [0, 0.05) is 6.04 Å². The predicted octanol–water partition coefficient (Wildman–Crippen LogP) is 4.76. The Morgan fingerprint density at radius 1 is 1.19 bits per heavy atom. The van der Waals surface area contributed by atoms with Crippen molar-refractivity contribution in [3.63, 3.8) is 0 Å². The number of hydrogen-bond donors (Lipinski definition) is 1. The summed E-state index contributed by atoms with van der Waals surface area (Å²) < 4.78 is 53.3. The summed E-state index contributed by atoms with van der Waals surface area (Å²) in [5.41, 5.74) is 1.46. The summed E-state index contributed by atoms with van der Waals surface area (Å²) in [7, 11) is 1.65. The molecule has 118 valence electrons. The third-order valence-corrected chi connectivity index (χ3v) is 4.56. The minimum atomic E-state index is -4.19. The van der Waals surface area contributed by atoms with Crippen LogP contribution in [0.1, 0.15) is 42.9 Å². The Balaban J connectivity index is 2.36. The molecule has 1 fully saturated rings. The van der Waals surface area contributed by atoms with E-state index in [1.54, 1.807) is 13.1 Å². The lowest BCUT2D eigenvalue weighted by Gasteiger charge is -2.38. The summed E-state index contributed by atoms with van der Waals surface area (Å²) in [5.74, 6) is -2.26. The van der Waals surface area contributed by atoms with Crippen molar-refractivity contribution in [2.24, 2.45) is 11.8 Å². The van der Waals surface area contributed by atoms with E-state index in [9.17, 15) is 17.6 Å². The van der Waals surface area contributed by atoms with E-state index in [4.69, 9.17) is 0 Å². The summed E-state index contributed by atoms with van der Waals surface area (Å²) >= 11 is 0. The van der Waals surface area contributed by atoms with E-state index in [1.165, 1.54) is 12.1 Å². The van der Waals surface area contributed by atoms with E-state index >= 15 is 0 Å². The van der Waals surface area contributed by atoms with Crippen LogP contribution in [0.2, 0.25) is 0 Å². The molecule has 1 aromatic carbocycles. The third kappa shape index (κ3) is 3.57. The van der Waals surface area contributed by atoms with Gasteiger partial charge in [0.2, 0.25) is 0 Å². The molecule has 0 saturated heterocycles. The Kier molecular flexibility index (Phi) is 4.91. The molecule has 0 bridgehead atoms. The van der Waals surface area contributed by atoms with Gasteiger partial charge < -0.3 is 5.32 Å². The molecule has 2 rings (SSSR count). The molecule has 0 heterocycles. The van der Waals surface area contributed by atoms with Crippen molar-refractivity contribution in [3.05, 3.63) is 35.1 Å². The lowest BCUT2D eigenvalue weighted by molar-refractivity contribution is -0.199. The summed E-state index contributed by atoms with van der Waals surface area (Å²) in [6, 6.07) is 3.86. The highest BCUT2D eigenvalue weighted by Gasteiger charge is 2.48. The van der Waals surface area contributed by atoms with Gasteiger partial charge >= 0.3 is 6.18 Å². The average Bonchev–Trinajstić information content (AvgIpc) is 2.43. The van der Waals surface area contributed by atoms with Crippen molar-refractivity contribution in [1.29, 1.82) is 0 Å². The molecule has 1 aliphatic rings. The molecular formula is C16H21F4N. The Morgan fingerprint density at radius 2 is 1.86 bits per heavy atom. The van der Waals surface area contributed by atoms with Gasteiger partial charge in [-0.1, -0.05) is 18.9 Å². The second-order valence-electron chi connectivity index (χ2n) is 5.86. The quantitative estimate of drug-likeness (QED) is 0.794. The maximum atomic E-state index is 13.5. The van der Waals surface area contributed by atoms with Gasteiger partial charge in [-0.3, -0.25) is 0 Å². The number of aryl methyl sites for hydroxylation is 1. The van der Waals surface area contributed by atoms with Crippen LogP contribution in [-0.4, -0.2) is 13.2 Å². The first kappa shape index (κ1) is 16.3. The zero-order valence-corrected chi connectivity index (χ0v) is 12.3. The van der Waals surface area contributed by atoms with Gasteiger partial charge in [0.1, 0.15) is 5.82 Å². The minimum Gasteiger partial charge on any atom is -0.313 e. The maximum Gasteiger partial charge on any atom is 0.392 e. The number of alkyl halides is 3. The lowest BCUT2D eigenvalue weighted by Crippen LogP contribution is -2.40. The monoisotopic (exact) mass is 303 g/mol. The highest BCUT2D eigenvalue weighted by Crippen LogP contribution is 2.46. The molecule has 0 amide bonds. The first-order chi connectivity index (χ1) is 9.84. The van der Waals surface area contributed by atoms with Gasteiger partial charge in [-0.15, -0.1) is 0 Å². The second kappa shape index (κ2) is 6.34. The van der Waals surface area contributed by atoms with Gasteiger partial charge in [0.15, 0.2) is 0 Å². The molecule has 1 aromatic rings. The minimum absolute atomic E-state index is 0.167. The van der Waals surface area contributed by atoms with Crippen LogP contribution in [0.25, 0.3) is 0 Å². The number of hydrogen-bond acceptors (Lipinski definition) is 1. The standard InChI is InChI=1S/C16H21F4N/c1-10-7-8-11(17)9-13(10)15(21-2)12-5-3-4-6-14(12)16(18,19)20/h7-9,12,14-15,21H,3-6H2,1-2H3.